The van der Waals surface area contributed by atoms with E-state index in [-0.39, 0.29) is 96.3 Å². The predicted octanol–water partition coefficient (Wildman–Crippen LogP) is 3.81. The molecular formula is C59H92N8O43P8. The van der Waals surface area contributed by atoms with Crippen LogP contribution < -0.4 is 42.4 Å². The van der Waals surface area contributed by atoms with Crippen LogP contribution in [0.25, 0.3) is 11.3 Å². The van der Waals surface area contributed by atoms with Gasteiger partial charge in [0.2, 0.25) is 11.7 Å². The number of ether oxygens (including phenoxy) is 8. The van der Waals surface area contributed by atoms with E-state index in [0.29, 0.717) is 76.9 Å². The van der Waals surface area contributed by atoms with Gasteiger partial charge in [0, 0.05) is 49.7 Å². The highest BCUT2D eigenvalue weighted by atomic mass is 31.3. The quantitative estimate of drug-likeness (QED) is 0.0221. The number of unbranched alkanes of at least 4 members (excludes halogenated alkanes) is 3. The third kappa shape index (κ3) is 33.5. The first-order chi connectivity index (χ1) is 55.6. The summed E-state index contributed by atoms with van der Waals surface area (Å²) in [6, 6.07) is 7.44. The molecule has 15 atom stereocenters. The van der Waals surface area contributed by atoms with Crippen LogP contribution in [0.2, 0.25) is 0 Å². The number of phosphoric acid groups is 8. The molecule has 2 saturated heterocycles. The lowest BCUT2D eigenvalue weighted by atomic mass is 9.89. The molecule has 4 aliphatic rings. The standard InChI is InChI=1S/C59H92N8O43P8/c1-39-35-66(57(73)62-55(39)71)52-33-46(68)49(103-52)37-100-113(80,81)107-115(84,85)109-117(88,89)110-116(86,87)108-114(82,83)106-112(78,79)97-20-6-4-3-5-18-60-51(70)17-23-91-25-26-92-27-28-93-29-30-94-31-32-95-42-13-11-41(12-14-42)54-45-10-7-9-43(15-16-44(45)40(2)64-65-54)102-59(75)61-19-24-98-111(76,77)96-21-8-22-99-118(90)101-38-50-47(69)34-53(104-50)67-36-48(105-118)56(72)63-58(67)74/h11-14,35-36,43,46-47,49-50,52-53,68-69H,3-10,15-34,37-38H2,1-2H3,(H,60,70)(H,61,75)(H,76,77)(H,78,79)(H,80,81)(H,82,83)(H,84,85)(H,86,87)(H,88,89)(H,62,71,73)(H,63,72,74)/t43?,46?,47?,49-,50-,52-,53-,118?/m1/s1. The van der Waals surface area contributed by atoms with Crippen LogP contribution in [-0.2, 0) is 136 Å². The minimum absolute atomic E-state index is 0.0216. The lowest BCUT2D eigenvalue weighted by Gasteiger charge is -2.24. The second-order valence-corrected chi connectivity index (χ2v) is 38.3. The maximum absolute atomic E-state index is 13.4. The fourth-order valence-corrected chi connectivity index (χ4v) is 21.2. The van der Waals surface area contributed by atoms with E-state index in [4.69, 9.17) is 60.5 Å². The number of hydrogen-bond donors (Lipinski definition) is 13. The van der Waals surface area contributed by atoms with E-state index >= 15 is 0 Å². The van der Waals surface area contributed by atoms with Crippen LogP contribution in [-0.4, -0.2) is 228 Å². The predicted molar refractivity (Wildman–Crippen MR) is 396 cm³/mol. The Kier molecular flexibility index (Phi) is 37.8. The number of nitrogens with zero attached hydrogens (tertiary/aromatic N) is 4. The van der Waals surface area contributed by atoms with Crippen LogP contribution in [0.4, 0.5) is 4.79 Å². The van der Waals surface area contributed by atoms with E-state index in [1.807, 2.05) is 41.2 Å². The van der Waals surface area contributed by atoms with Gasteiger partial charge in [0.05, 0.1) is 122 Å². The van der Waals surface area contributed by atoms with Crippen molar-refractivity contribution < 1.29 is 182 Å². The summed E-state index contributed by atoms with van der Waals surface area (Å²) >= 11 is 0. The van der Waals surface area contributed by atoms with Crippen LogP contribution in [0.5, 0.6) is 11.5 Å². The number of carbonyl (C=O) groups excluding carboxylic acids is 2. The molecule has 0 saturated carbocycles. The number of nitrogens with one attached hydrogen (secondary N) is 4. The Labute approximate surface area is 669 Å². The molecule has 0 radical (unpaired) electrons. The number of fused-ring (bicyclic) bond motifs is 6. The van der Waals surface area contributed by atoms with Gasteiger partial charge in [-0.25, -0.2) is 50.9 Å². The fourth-order valence-electron chi connectivity index (χ4n) is 11.3. The highest BCUT2D eigenvalue weighted by Gasteiger charge is 2.51. The van der Waals surface area contributed by atoms with Gasteiger partial charge in [-0.2, -0.15) is 26.7 Å². The summed E-state index contributed by atoms with van der Waals surface area (Å²) in [5.41, 5.74) is 0.885. The van der Waals surface area contributed by atoms with Crippen molar-refractivity contribution in [2.45, 2.75) is 140 Å². The molecule has 3 aliphatic heterocycles. The average molecular weight is 1850 g/mol. The summed E-state index contributed by atoms with van der Waals surface area (Å²) < 4.78 is 200. The molecule has 8 rings (SSSR count). The van der Waals surface area contributed by atoms with Gasteiger partial charge in [-0.15, -0.1) is 5.10 Å². The summed E-state index contributed by atoms with van der Waals surface area (Å²) in [6.07, 6.45) is -2.93. The van der Waals surface area contributed by atoms with Crippen LogP contribution in [0, 0.1) is 13.8 Å². The lowest BCUT2D eigenvalue weighted by Crippen LogP contribution is -2.34. The Hall–Kier alpha value is -5.20. The Balaban J connectivity index is 0.582. The number of hydrogen-bond acceptors (Lipinski definition) is 38. The first-order valence-corrected chi connectivity index (χ1v) is 48.0. The van der Waals surface area contributed by atoms with Crippen LogP contribution in [0.15, 0.2) is 55.8 Å². The van der Waals surface area contributed by atoms with Crippen LogP contribution in [0.3, 0.4) is 0 Å². The number of amides is 2. The number of aromatic amines is 2. The Bertz CT molecular complexity index is 4670. The smallest absolute Gasteiger partial charge is 0.491 e. The van der Waals surface area contributed by atoms with Crippen molar-refractivity contribution in [1.82, 2.24) is 39.9 Å². The number of aryl methyl sites for hydroxylation is 2. The number of rotatable bonds is 50. The Morgan fingerprint density at radius 2 is 1.12 bits per heavy atom. The van der Waals surface area contributed by atoms with E-state index < -0.39 is 180 Å². The van der Waals surface area contributed by atoms with Crippen molar-refractivity contribution >= 4 is 74.6 Å². The minimum atomic E-state index is -6.54. The first-order valence-electron chi connectivity index (χ1n) is 36.1. The summed E-state index contributed by atoms with van der Waals surface area (Å²) in [7, 11) is -46.4. The van der Waals surface area contributed by atoms with E-state index in [1.54, 1.807) is 0 Å². The Morgan fingerprint density at radius 1 is 0.568 bits per heavy atom. The zero-order chi connectivity index (χ0) is 86.1. The van der Waals surface area contributed by atoms with Gasteiger partial charge in [0.1, 0.15) is 43.1 Å². The number of carbonyl (C=O) groups is 2. The highest BCUT2D eigenvalue weighted by Crippen LogP contribution is 2.75. The van der Waals surface area contributed by atoms with E-state index in [2.05, 4.69) is 51.4 Å². The zero-order valence-electron chi connectivity index (χ0n) is 63.0. The third-order valence-electron chi connectivity index (χ3n) is 16.8. The number of aromatic nitrogens is 6. The molecule has 118 heavy (non-hydrogen) atoms. The van der Waals surface area contributed by atoms with Gasteiger partial charge < -0.3 is 97.5 Å². The second-order valence-electron chi connectivity index (χ2n) is 25.8. The molecule has 6 heterocycles. The Morgan fingerprint density at radius 3 is 1.77 bits per heavy atom. The van der Waals surface area contributed by atoms with Gasteiger partial charge >= 0.3 is 80.1 Å². The summed E-state index contributed by atoms with van der Waals surface area (Å²) in [6.45, 7) is 2.01. The molecular weight excluding hydrogens is 1760 g/mol. The number of benzene rings is 1. The van der Waals surface area contributed by atoms with E-state index in [1.165, 1.54) is 6.92 Å². The maximum atomic E-state index is 13.4. The number of phosphoric ester groups is 4. The normalized spacial score (nSPS) is 23.7. The fraction of sp³-hybridized carbons (Fsp3) is 0.661. The van der Waals surface area contributed by atoms with Crippen molar-refractivity contribution in [3.8, 4) is 22.8 Å². The summed E-state index contributed by atoms with van der Waals surface area (Å²) in [5, 5.41) is 34.8. The zero-order valence-corrected chi connectivity index (χ0v) is 70.1. The van der Waals surface area contributed by atoms with Gasteiger partial charge in [0.25, 0.3) is 11.1 Å². The lowest BCUT2D eigenvalue weighted by molar-refractivity contribution is -0.122. The van der Waals surface area contributed by atoms with Crippen LogP contribution >= 0.6 is 62.6 Å². The van der Waals surface area contributed by atoms with Crippen molar-refractivity contribution in [3.05, 3.63) is 101 Å². The monoisotopic (exact) mass is 1850 g/mol. The van der Waals surface area contributed by atoms with Crippen molar-refractivity contribution in [1.29, 1.82) is 0 Å². The molecule has 11 unspecified atom stereocenters. The van der Waals surface area contributed by atoms with Crippen molar-refractivity contribution in [2.75, 3.05) is 112 Å². The first kappa shape index (κ1) is 98.2. The minimum Gasteiger partial charge on any atom is -0.491 e. The number of aliphatic hydroxyl groups excluding tert-OH is 2. The van der Waals surface area contributed by atoms with Crippen molar-refractivity contribution in [2.24, 2.45) is 0 Å². The van der Waals surface area contributed by atoms with Gasteiger partial charge in [0.15, 0.2) is 0 Å². The molecule has 3 aromatic heterocycles. The van der Waals surface area contributed by atoms with Crippen molar-refractivity contribution in [3.63, 3.8) is 0 Å². The van der Waals surface area contributed by atoms with E-state index in [0.717, 1.165) is 49.6 Å². The van der Waals surface area contributed by atoms with Gasteiger partial charge in [-0.3, -0.25) is 60.6 Å². The number of alkyl carbamates (subject to hydrolysis) is 1. The average Bonchev–Trinajstić information content (AvgIpc) is 1.38. The molecule has 0 spiro atoms. The summed E-state index contributed by atoms with van der Waals surface area (Å²) in [5.74, 6) is -0.278. The SMILES string of the molecule is Cc1nnc(-c2ccc(OCCOCCOCCOCCOCCC(=O)NCCCCCCOP(=O)(O)OP(=O)(O)OP(=O)(O)OP(=O)(O)OP(=O)(O)OP(=O)(O)OC[C@H]3O[C@@H](n4cc(C)c(=O)[nH]c4=O)CC3O)cc2)c2c1CCC(OC(=O)NCCOP(=O)(O)OCCCOP1(=O)OC[C@H]3O[C@H](CC3O)n3cc(c(=O)[nH]c3=O)O1)CCC2. The van der Waals surface area contributed by atoms with Gasteiger partial charge in [-0.1, -0.05) is 12.8 Å². The molecule has 59 heteroatoms. The van der Waals surface area contributed by atoms with Crippen LogP contribution in [0.1, 0.15) is 105 Å². The van der Waals surface area contributed by atoms with E-state index in [9.17, 15) is 110 Å². The molecule has 4 bridgehead atoms. The largest absolute Gasteiger partial charge is 0.530 e. The molecule has 4 aromatic rings. The molecule has 666 valence electrons. The highest BCUT2D eigenvalue weighted by molar-refractivity contribution is 7.72. The molecule has 1 aromatic carbocycles. The van der Waals surface area contributed by atoms with Gasteiger partial charge in [-0.05, 0) is 101 Å². The topological polar surface area (TPSA) is 697 Å². The molecule has 13 N–H and O–H groups in total. The molecule has 2 fully saturated rings. The molecule has 1 aliphatic carbocycles. The number of H-pyrrole nitrogens is 2. The second kappa shape index (κ2) is 45.4. The number of aliphatic hydroxyl groups is 2. The molecule has 2 amide bonds. The third-order valence-corrected chi connectivity index (χ3v) is 28.4. The maximum Gasteiger partial charge on any atom is 0.530 e. The summed E-state index contributed by atoms with van der Waals surface area (Å²) in [4.78, 5) is 147. The molecule has 51 nitrogen and oxygen atoms in total.